The minimum Gasteiger partial charge on any atom is -0.408 e. The molecule has 0 bridgehead atoms. The smallest absolute Gasteiger partial charge is 0.408 e. The molecule has 23 heavy (non-hydrogen) atoms. The molecule has 3 aromatic rings. The van der Waals surface area contributed by atoms with Crippen molar-refractivity contribution >= 4 is 21.1 Å². The van der Waals surface area contributed by atoms with E-state index in [1.54, 1.807) is 6.07 Å². The molecular weight excluding hydrogens is 323 g/mol. The zero-order valence-electron chi connectivity index (χ0n) is 12.1. The number of aromatic nitrogens is 1. The summed E-state index contributed by atoms with van der Waals surface area (Å²) in [5.41, 5.74) is 0.828. The number of nitrogens with zero attached hydrogens (tertiary/aromatic N) is 1. The van der Waals surface area contributed by atoms with Gasteiger partial charge in [-0.25, -0.2) is 17.6 Å². The van der Waals surface area contributed by atoms with Crippen LogP contribution in [0.2, 0.25) is 0 Å². The van der Waals surface area contributed by atoms with Crippen LogP contribution in [0.3, 0.4) is 0 Å². The summed E-state index contributed by atoms with van der Waals surface area (Å²) in [5.74, 6) is -1.13. The molecular formula is C15H13FN2O4S. The number of rotatable bonds is 4. The first-order valence-electron chi connectivity index (χ1n) is 6.70. The molecule has 2 aromatic carbocycles. The van der Waals surface area contributed by atoms with Crippen LogP contribution < -0.4 is 5.76 Å². The first-order valence-corrected chi connectivity index (χ1v) is 8.14. The SMILES string of the molecule is CN(Cc1ccccc1F)S(=O)(=O)c1ccc2[nH]c(=O)oc2c1. The van der Waals surface area contributed by atoms with Crippen molar-refractivity contribution < 1.29 is 17.2 Å². The molecule has 0 saturated heterocycles. The number of hydrogen-bond acceptors (Lipinski definition) is 4. The number of sulfonamides is 1. The Balaban J connectivity index is 1.95. The topological polar surface area (TPSA) is 83.4 Å². The second-order valence-electron chi connectivity index (χ2n) is 5.02. The highest BCUT2D eigenvalue weighted by Gasteiger charge is 2.22. The molecule has 0 amide bonds. The Kier molecular flexibility index (Phi) is 3.78. The van der Waals surface area contributed by atoms with Gasteiger partial charge in [-0.15, -0.1) is 0 Å². The van der Waals surface area contributed by atoms with Crippen molar-refractivity contribution in [2.24, 2.45) is 0 Å². The van der Waals surface area contributed by atoms with Crippen LogP contribution in [0.1, 0.15) is 5.56 Å². The number of benzene rings is 2. The maximum atomic E-state index is 13.7. The second-order valence-corrected chi connectivity index (χ2v) is 7.07. The van der Waals surface area contributed by atoms with E-state index in [0.29, 0.717) is 5.52 Å². The van der Waals surface area contributed by atoms with Gasteiger partial charge in [-0.3, -0.25) is 4.98 Å². The summed E-state index contributed by atoms with van der Waals surface area (Å²) >= 11 is 0. The van der Waals surface area contributed by atoms with Crippen molar-refractivity contribution in [3.63, 3.8) is 0 Å². The molecule has 0 aliphatic carbocycles. The quantitative estimate of drug-likeness (QED) is 0.791. The molecule has 6 nitrogen and oxygen atoms in total. The van der Waals surface area contributed by atoms with Crippen LogP contribution >= 0.6 is 0 Å². The summed E-state index contributed by atoms with van der Waals surface area (Å²) in [6.07, 6.45) is 0. The number of hydrogen-bond donors (Lipinski definition) is 1. The van der Waals surface area contributed by atoms with Crippen molar-refractivity contribution in [2.45, 2.75) is 11.4 Å². The van der Waals surface area contributed by atoms with E-state index in [1.807, 2.05) is 0 Å². The van der Waals surface area contributed by atoms with Gasteiger partial charge in [0.2, 0.25) is 10.0 Å². The Hall–Kier alpha value is -2.45. The van der Waals surface area contributed by atoms with Crippen LogP contribution in [-0.2, 0) is 16.6 Å². The highest BCUT2D eigenvalue weighted by atomic mass is 32.2. The van der Waals surface area contributed by atoms with E-state index in [1.165, 1.54) is 43.4 Å². The van der Waals surface area contributed by atoms with Crippen LogP contribution in [0.15, 0.2) is 56.6 Å². The lowest BCUT2D eigenvalue weighted by Gasteiger charge is -2.17. The average molecular weight is 336 g/mol. The first kappa shape index (κ1) is 15.4. The summed E-state index contributed by atoms with van der Waals surface area (Å²) in [6, 6.07) is 10.0. The lowest BCUT2D eigenvalue weighted by atomic mass is 10.2. The van der Waals surface area contributed by atoms with E-state index >= 15 is 0 Å². The summed E-state index contributed by atoms with van der Waals surface area (Å²) in [7, 11) is -2.49. The fourth-order valence-electron chi connectivity index (χ4n) is 2.22. The normalized spacial score (nSPS) is 12.1. The molecule has 0 atom stereocenters. The Labute approximate surface area is 131 Å². The van der Waals surface area contributed by atoms with E-state index in [9.17, 15) is 17.6 Å². The maximum Gasteiger partial charge on any atom is 0.417 e. The maximum absolute atomic E-state index is 13.7. The largest absolute Gasteiger partial charge is 0.417 e. The molecule has 0 spiro atoms. The monoisotopic (exact) mass is 336 g/mol. The van der Waals surface area contributed by atoms with Crippen LogP contribution in [0, 0.1) is 5.82 Å². The molecule has 0 unspecified atom stereocenters. The van der Waals surface area contributed by atoms with Gasteiger partial charge in [0.05, 0.1) is 10.4 Å². The van der Waals surface area contributed by atoms with Crippen molar-refractivity contribution in [1.29, 1.82) is 0 Å². The lowest BCUT2D eigenvalue weighted by molar-refractivity contribution is 0.456. The Morgan fingerprint density at radius 2 is 1.96 bits per heavy atom. The Morgan fingerprint density at radius 1 is 1.22 bits per heavy atom. The molecule has 1 aromatic heterocycles. The van der Waals surface area contributed by atoms with Crippen molar-refractivity contribution in [3.8, 4) is 0 Å². The van der Waals surface area contributed by atoms with Crippen LogP contribution in [0.5, 0.6) is 0 Å². The molecule has 1 N–H and O–H groups in total. The Morgan fingerprint density at radius 3 is 2.70 bits per heavy atom. The van der Waals surface area contributed by atoms with Crippen molar-refractivity contribution in [1.82, 2.24) is 9.29 Å². The minimum atomic E-state index is -3.85. The molecule has 0 radical (unpaired) electrons. The predicted molar refractivity (Wildman–Crippen MR) is 81.9 cm³/mol. The third-order valence-corrected chi connectivity index (χ3v) is 5.25. The number of fused-ring (bicyclic) bond motifs is 1. The molecule has 120 valence electrons. The van der Waals surface area contributed by atoms with E-state index in [2.05, 4.69) is 4.98 Å². The zero-order chi connectivity index (χ0) is 16.6. The van der Waals surface area contributed by atoms with E-state index in [0.717, 1.165) is 4.31 Å². The fraction of sp³-hybridized carbons (Fsp3) is 0.133. The van der Waals surface area contributed by atoms with Crippen molar-refractivity contribution in [3.05, 3.63) is 64.4 Å². The van der Waals surface area contributed by atoms with Crippen LogP contribution in [-0.4, -0.2) is 24.8 Å². The fourth-order valence-corrected chi connectivity index (χ4v) is 3.38. The highest BCUT2D eigenvalue weighted by molar-refractivity contribution is 7.89. The Bertz CT molecular complexity index is 1020. The molecule has 0 fully saturated rings. The van der Waals surface area contributed by atoms with Gasteiger partial charge in [0.1, 0.15) is 5.82 Å². The first-order chi connectivity index (χ1) is 10.9. The molecule has 0 aliphatic heterocycles. The number of aromatic amines is 1. The van der Waals surface area contributed by atoms with Gasteiger partial charge in [0.25, 0.3) is 0 Å². The molecule has 1 heterocycles. The molecule has 0 aliphatic rings. The summed E-state index contributed by atoms with van der Waals surface area (Å²) in [5, 5.41) is 0. The third-order valence-electron chi connectivity index (χ3n) is 3.45. The van der Waals surface area contributed by atoms with Gasteiger partial charge in [0, 0.05) is 25.2 Å². The molecule has 3 rings (SSSR count). The minimum absolute atomic E-state index is 0.0356. The van der Waals surface area contributed by atoms with Gasteiger partial charge in [0.15, 0.2) is 5.58 Å². The van der Waals surface area contributed by atoms with E-state index in [-0.39, 0.29) is 22.6 Å². The van der Waals surface area contributed by atoms with Gasteiger partial charge >= 0.3 is 5.76 Å². The van der Waals surface area contributed by atoms with Gasteiger partial charge in [-0.2, -0.15) is 4.31 Å². The second kappa shape index (κ2) is 5.64. The van der Waals surface area contributed by atoms with Gasteiger partial charge < -0.3 is 4.42 Å². The molecule has 0 saturated carbocycles. The third kappa shape index (κ3) is 2.90. The average Bonchev–Trinajstić information content (AvgIpc) is 2.88. The summed E-state index contributed by atoms with van der Waals surface area (Å²) in [6.45, 7) is -0.107. The van der Waals surface area contributed by atoms with E-state index < -0.39 is 21.6 Å². The summed E-state index contributed by atoms with van der Waals surface area (Å²) in [4.78, 5) is 13.5. The van der Waals surface area contributed by atoms with Crippen molar-refractivity contribution in [2.75, 3.05) is 7.05 Å². The summed E-state index contributed by atoms with van der Waals surface area (Å²) < 4.78 is 44.7. The zero-order valence-corrected chi connectivity index (χ0v) is 12.9. The highest BCUT2D eigenvalue weighted by Crippen LogP contribution is 2.21. The molecule has 8 heteroatoms. The number of nitrogens with one attached hydrogen (secondary N) is 1. The van der Waals surface area contributed by atoms with Gasteiger partial charge in [-0.05, 0) is 18.2 Å². The number of halogens is 1. The number of H-pyrrole nitrogens is 1. The van der Waals surface area contributed by atoms with E-state index in [4.69, 9.17) is 4.42 Å². The van der Waals surface area contributed by atoms with Gasteiger partial charge in [-0.1, -0.05) is 18.2 Å². The lowest BCUT2D eigenvalue weighted by Crippen LogP contribution is -2.26. The van der Waals surface area contributed by atoms with Crippen LogP contribution in [0.25, 0.3) is 11.1 Å². The number of oxazole rings is 1. The van der Waals surface area contributed by atoms with Crippen LogP contribution in [0.4, 0.5) is 4.39 Å². The standard InChI is InChI=1S/C15H13FN2O4S/c1-18(9-10-4-2-3-5-12(10)16)23(20,21)11-6-7-13-14(8-11)22-15(19)17-13/h2-8H,9H2,1H3,(H,17,19). The predicted octanol–water partition coefficient (Wildman–Crippen LogP) is 2.08.